The number of rotatable bonds is 3. The monoisotopic (exact) mass is 295 g/mol. The molecule has 3 rings (SSSR count). The average Bonchev–Trinajstić information content (AvgIpc) is 3.05. The quantitative estimate of drug-likeness (QED) is 0.808. The second-order valence-electron chi connectivity index (χ2n) is 4.16. The van der Waals surface area contributed by atoms with Crippen molar-refractivity contribution in [1.29, 1.82) is 0 Å². The predicted octanol–water partition coefficient (Wildman–Crippen LogP) is 3.49. The number of fused-ring (bicyclic) bond motifs is 1. The van der Waals surface area contributed by atoms with Crippen LogP contribution in [0.25, 0.3) is 0 Å². The van der Waals surface area contributed by atoms with Gasteiger partial charge in [0.15, 0.2) is 0 Å². The van der Waals surface area contributed by atoms with Crippen LogP contribution in [0.5, 0.6) is 0 Å². The normalized spacial score (nSPS) is 14.6. The molecule has 0 N–H and O–H groups in total. The van der Waals surface area contributed by atoms with Gasteiger partial charge in [0.2, 0.25) is 5.91 Å². The standard InChI is InChI=1S/C13H13NOS3/c15-12(9-18-13-2-1-6-17-13)14-5-3-10-4-7-16-11(10)8-14/h1-2,4,6-7H,3,5,8-9H2. The Balaban J connectivity index is 1.57. The number of thioether (sulfide) groups is 1. The minimum Gasteiger partial charge on any atom is -0.336 e. The summed E-state index contributed by atoms with van der Waals surface area (Å²) in [6, 6.07) is 6.27. The summed E-state index contributed by atoms with van der Waals surface area (Å²) in [4.78, 5) is 15.5. The van der Waals surface area contributed by atoms with Crippen LogP contribution in [0.3, 0.4) is 0 Å². The number of thiophene rings is 2. The van der Waals surface area contributed by atoms with E-state index in [1.54, 1.807) is 34.4 Å². The van der Waals surface area contributed by atoms with Gasteiger partial charge in [-0.2, -0.15) is 0 Å². The molecule has 0 saturated heterocycles. The van der Waals surface area contributed by atoms with Crippen molar-refractivity contribution in [2.45, 2.75) is 17.2 Å². The molecule has 0 fully saturated rings. The van der Waals surface area contributed by atoms with Crippen LogP contribution in [0.2, 0.25) is 0 Å². The molecule has 0 bridgehead atoms. The molecule has 0 radical (unpaired) electrons. The van der Waals surface area contributed by atoms with Gasteiger partial charge in [-0.05, 0) is 34.9 Å². The molecule has 0 atom stereocenters. The Kier molecular flexibility index (Phi) is 3.72. The molecule has 0 aliphatic carbocycles. The molecule has 0 unspecified atom stereocenters. The highest BCUT2D eigenvalue weighted by Crippen LogP contribution is 2.27. The van der Waals surface area contributed by atoms with Gasteiger partial charge in [-0.3, -0.25) is 4.79 Å². The molecule has 2 nitrogen and oxygen atoms in total. The van der Waals surface area contributed by atoms with Gasteiger partial charge in [-0.25, -0.2) is 0 Å². The molecule has 94 valence electrons. The lowest BCUT2D eigenvalue weighted by Crippen LogP contribution is -2.36. The molecule has 0 aromatic carbocycles. The predicted molar refractivity (Wildman–Crippen MR) is 78.5 cm³/mol. The van der Waals surface area contributed by atoms with Crippen molar-refractivity contribution in [3.8, 4) is 0 Å². The molecule has 18 heavy (non-hydrogen) atoms. The van der Waals surface area contributed by atoms with Crippen molar-refractivity contribution in [3.63, 3.8) is 0 Å². The molecular formula is C13H13NOS3. The van der Waals surface area contributed by atoms with E-state index in [0.717, 1.165) is 19.5 Å². The number of carbonyl (C=O) groups excluding carboxylic acids is 1. The Hall–Kier alpha value is -0.780. The van der Waals surface area contributed by atoms with Gasteiger partial charge >= 0.3 is 0 Å². The van der Waals surface area contributed by atoms with E-state index in [1.807, 2.05) is 16.3 Å². The summed E-state index contributed by atoms with van der Waals surface area (Å²) in [5.41, 5.74) is 1.43. The van der Waals surface area contributed by atoms with Crippen LogP contribution in [-0.2, 0) is 17.8 Å². The topological polar surface area (TPSA) is 20.3 Å². The molecule has 1 amide bonds. The molecule has 1 aliphatic heterocycles. The molecule has 5 heteroatoms. The van der Waals surface area contributed by atoms with Crippen molar-refractivity contribution in [1.82, 2.24) is 4.90 Å². The molecule has 2 aromatic heterocycles. The summed E-state index contributed by atoms with van der Waals surface area (Å²) in [5, 5.41) is 4.17. The number of carbonyl (C=O) groups is 1. The van der Waals surface area contributed by atoms with E-state index < -0.39 is 0 Å². The van der Waals surface area contributed by atoms with E-state index >= 15 is 0 Å². The zero-order valence-electron chi connectivity index (χ0n) is 9.80. The van der Waals surface area contributed by atoms with Crippen LogP contribution < -0.4 is 0 Å². The maximum absolute atomic E-state index is 12.1. The van der Waals surface area contributed by atoms with Gasteiger partial charge in [0, 0.05) is 11.4 Å². The first kappa shape index (κ1) is 12.3. The zero-order chi connectivity index (χ0) is 12.4. The van der Waals surface area contributed by atoms with Gasteiger partial charge in [-0.1, -0.05) is 6.07 Å². The minimum atomic E-state index is 0.257. The number of nitrogens with zero attached hydrogens (tertiary/aromatic N) is 1. The highest BCUT2D eigenvalue weighted by atomic mass is 32.2. The largest absolute Gasteiger partial charge is 0.336 e. The number of hydrogen-bond donors (Lipinski definition) is 0. The van der Waals surface area contributed by atoms with Crippen LogP contribution in [-0.4, -0.2) is 23.1 Å². The highest BCUT2D eigenvalue weighted by Gasteiger charge is 2.21. The summed E-state index contributed by atoms with van der Waals surface area (Å²) in [7, 11) is 0. The average molecular weight is 295 g/mol. The Morgan fingerprint density at radius 1 is 1.33 bits per heavy atom. The molecular weight excluding hydrogens is 282 g/mol. The van der Waals surface area contributed by atoms with E-state index in [1.165, 1.54) is 14.6 Å². The first-order valence-corrected chi connectivity index (χ1v) is 8.57. The Bertz CT molecular complexity index is 532. The van der Waals surface area contributed by atoms with Crippen LogP contribution in [0.4, 0.5) is 0 Å². The van der Waals surface area contributed by atoms with E-state index in [0.29, 0.717) is 5.75 Å². The molecule has 2 aromatic rings. The fraction of sp³-hybridized carbons (Fsp3) is 0.308. The fourth-order valence-electron chi connectivity index (χ4n) is 2.02. The van der Waals surface area contributed by atoms with E-state index in [2.05, 4.69) is 17.5 Å². The lowest BCUT2D eigenvalue weighted by Gasteiger charge is -2.26. The summed E-state index contributed by atoms with van der Waals surface area (Å²) in [6.45, 7) is 1.67. The third-order valence-corrected chi connectivity index (χ3v) is 6.07. The van der Waals surface area contributed by atoms with Crippen LogP contribution in [0, 0.1) is 0 Å². The van der Waals surface area contributed by atoms with Crippen LogP contribution >= 0.6 is 34.4 Å². The molecule has 3 heterocycles. The Morgan fingerprint density at radius 2 is 2.28 bits per heavy atom. The van der Waals surface area contributed by atoms with Crippen LogP contribution in [0.1, 0.15) is 10.4 Å². The summed E-state index contributed by atoms with van der Waals surface area (Å²) < 4.78 is 1.22. The van der Waals surface area contributed by atoms with Gasteiger partial charge in [-0.15, -0.1) is 34.4 Å². The lowest BCUT2D eigenvalue weighted by molar-refractivity contribution is -0.129. The van der Waals surface area contributed by atoms with Crippen molar-refractivity contribution in [2.75, 3.05) is 12.3 Å². The molecule has 0 saturated carbocycles. The van der Waals surface area contributed by atoms with E-state index in [-0.39, 0.29) is 5.91 Å². The molecule has 1 aliphatic rings. The molecule has 0 spiro atoms. The van der Waals surface area contributed by atoms with Crippen molar-refractivity contribution >= 4 is 40.3 Å². The van der Waals surface area contributed by atoms with Gasteiger partial charge in [0.05, 0.1) is 16.5 Å². The summed E-state index contributed by atoms with van der Waals surface area (Å²) in [5.74, 6) is 0.814. The van der Waals surface area contributed by atoms with E-state index in [9.17, 15) is 4.79 Å². The third-order valence-electron chi connectivity index (χ3n) is 3.01. The fourth-order valence-corrected chi connectivity index (χ4v) is 4.65. The lowest BCUT2D eigenvalue weighted by atomic mass is 10.1. The minimum absolute atomic E-state index is 0.257. The maximum atomic E-state index is 12.1. The second-order valence-corrected chi connectivity index (χ2v) is 7.38. The van der Waals surface area contributed by atoms with E-state index in [4.69, 9.17) is 0 Å². The van der Waals surface area contributed by atoms with Gasteiger partial charge in [0.1, 0.15) is 0 Å². The smallest absolute Gasteiger partial charge is 0.233 e. The van der Waals surface area contributed by atoms with Gasteiger partial charge in [0.25, 0.3) is 0 Å². The van der Waals surface area contributed by atoms with Crippen molar-refractivity contribution < 1.29 is 4.79 Å². The Labute approximate surface area is 119 Å². The first-order chi connectivity index (χ1) is 8.83. The SMILES string of the molecule is O=C(CSc1cccs1)N1CCc2ccsc2C1. The summed E-state index contributed by atoms with van der Waals surface area (Å²) in [6.07, 6.45) is 1.01. The third kappa shape index (κ3) is 2.63. The van der Waals surface area contributed by atoms with Crippen molar-refractivity contribution in [3.05, 3.63) is 39.4 Å². The highest BCUT2D eigenvalue weighted by molar-refractivity contribution is 8.01. The van der Waals surface area contributed by atoms with Crippen LogP contribution in [0.15, 0.2) is 33.2 Å². The van der Waals surface area contributed by atoms with Crippen molar-refractivity contribution in [2.24, 2.45) is 0 Å². The Morgan fingerprint density at radius 3 is 3.11 bits per heavy atom. The number of amides is 1. The summed E-state index contributed by atoms with van der Waals surface area (Å²) >= 11 is 5.10. The van der Waals surface area contributed by atoms with Gasteiger partial charge < -0.3 is 4.90 Å². The maximum Gasteiger partial charge on any atom is 0.233 e. The first-order valence-electron chi connectivity index (χ1n) is 5.82. The number of hydrogen-bond acceptors (Lipinski definition) is 4. The second kappa shape index (κ2) is 5.47. The zero-order valence-corrected chi connectivity index (χ0v) is 12.2.